The van der Waals surface area contributed by atoms with Gasteiger partial charge in [0.05, 0.1) is 40.4 Å². The SMILES string of the molecule is COC(=O)c1cc(OC)ccc1Nc1c(I)c(C)nn1-c1cc(Cl)ccc1C. The van der Waals surface area contributed by atoms with Crippen molar-refractivity contribution in [3.63, 3.8) is 0 Å². The van der Waals surface area contributed by atoms with Gasteiger partial charge in [-0.2, -0.15) is 5.10 Å². The van der Waals surface area contributed by atoms with Crippen molar-refractivity contribution in [3.8, 4) is 11.4 Å². The van der Waals surface area contributed by atoms with E-state index >= 15 is 0 Å². The lowest BCUT2D eigenvalue weighted by atomic mass is 10.1. The summed E-state index contributed by atoms with van der Waals surface area (Å²) in [6.07, 6.45) is 0. The molecular weight excluding hydrogens is 493 g/mol. The van der Waals surface area contributed by atoms with E-state index in [0.717, 1.165) is 26.3 Å². The molecule has 1 N–H and O–H groups in total. The van der Waals surface area contributed by atoms with Crippen molar-refractivity contribution in [2.45, 2.75) is 13.8 Å². The van der Waals surface area contributed by atoms with Crippen LogP contribution in [0.25, 0.3) is 5.69 Å². The zero-order chi connectivity index (χ0) is 20.4. The highest BCUT2D eigenvalue weighted by atomic mass is 127. The third-order valence-electron chi connectivity index (χ3n) is 4.27. The highest BCUT2D eigenvalue weighted by molar-refractivity contribution is 14.1. The van der Waals surface area contributed by atoms with Crippen molar-refractivity contribution >= 4 is 51.7 Å². The minimum Gasteiger partial charge on any atom is -0.497 e. The van der Waals surface area contributed by atoms with Crippen LogP contribution in [0.5, 0.6) is 5.75 Å². The van der Waals surface area contributed by atoms with E-state index in [0.29, 0.717) is 22.0 Å². The van der Waals surface area contributed by atoms with Crippen molar-refractivity contribution in [3.05, 3.63) is 61.8 Å². The van der Waals surface area contributed by atoms with Gasteiger partial charge in [-0.1, -0.05) is 17.7 Å². The summed E-state index contributed by atoms with van der Waals surface area (Å²) in [5.41, 5.74) is 3.69. The van der Waals surface area contributed by atoms with Crippen LogP contribution in [0.1, 0.15) is 21.6 Å². The van der Waals surface area contributed by atoms with E-state index in [2.05, 4.69) is 33.0 Å². The second-order valence-electron chi connectivity index (χ2n) is 6.12. The van der Waals surface area contributed by atoms with Gasteiger partial charge in [0, 0.05) is 5.02 Å². The fraction of sp³-hybridized carbons (Fsp3) is 0.200. The van der Waals surface area contributed by atoms with E-state index in [9.17, 15) is 4.79 Å². The molecule has 0 radical (unpaired) electrons. The molecule has 0 aliphatic rings. The Bertz CT molecular complexity index is 1050. The lowest BCUT2D eigenvalue weighted by Crippen LogP contribution is -2.09. The van der Waals surface area contributed by atoms with Crippen LogP contribution < -0.4 is 10.1 Å². The van der Waals surface area contributed by atoms with Crippen LogP contribution in [0, 0.1) is 17.4 Å². The molecule has 0 amide bonds. The van der Waals surface area contributed by atoms with Gasteiger partial charge in [0.1, 0.15) is 11.6 Å². The highest BCUT2D eigenvalue weighted by Gasteiger charge is 2.20. The minimum atomic E-state index is -0.460. The Morgan fingerprint density at radius 2 is 1.93 bits per heavy atom. The van der Waals surface area contributed by atoms with Gasteiger partial charge in [-0.15, -0.1) is 0 Å². The van der Waals surface area contributed by atoms with E-state index in [4.69, 9.17) is 21.1 Å². The summed E-state index contributed by atoms with van der Waals surface area (Å²) in [6.45, 7) is 3.92. The first-order valence-electron chi connectivity index (χ1n) is 8.40. The number of ether oxygens (including phenoxy) is 2. The smallest absolute Gasteiger partial charge is 0.340 e. The van der Waals surface area contributed by atoms with Gasteiger partial charge in [0.2, 0.25) is 0 Å². The fourth-order valence-corrected chi connectivity index (χ4v) is 3.40. The van der Waals surface area contributed by atoms with Gasteiger partial charge in [0.25, 0.3) is 0 Å². The van der Waals surface area contributed by atoms with Crippen LogP contribution in [0.15, 0.2) is 36.4 Å². The number of esters is 1. The summed E-state index contributed by atoms with van der Waals surface area (Å²) in [7, 11) is 2.89. The Balaban J connectivity index is 2.14. The van der Waals surface area contributed by atoms with E-state index in [1.807, 2.05) is 32.0 Å². The Morgan fingerprint density at radius 1 is 1.18 bits per heavy atom. The normalized spacial score (nSPS) is 10.6. The maximum atomic E-state index is 12.3. The topological polar surface area (TPSA) is 65.4 Å². The molecule has 0 aliphatic heterocycles. The number of hydrogen-bond donors (Lipinski definition) is 1. The maximum Gasteiger partial charge on any atom is 0.340 e. The molecule has 0 spiro atoms. The fourth-order valence-electron chi connectivity index (χ4n) is 2.77. The zero-order valence-corrected chi connectivity index (χ0v) is 18.8. The molecule has 0 fully saturated rings. The Kier molecular flexibility index (Phi) is 6.14. The predicted octanol–water partition coefficient (Wildman–Crippen LogP) is 5.29. The van der Waals surface area contributed by atoms with Gasteiger partial charge < -0.3 is 14.8 Å². The first kappa shape index (κ1) is 20.5. The van der Waals surface area contributed by atoms with Gasteiger partial charge in [-0.3, -0.25) is 0 Å². The molecule has 2 aromatic carbocycles. The molecule has 0 atom stereocenters. The van der Waals surface area contributed by atoms with Crippen LogP contribution in [0.3, 0.4) is 0 Å². The third-order valence-corrected chi connectivity index (χ3v) is 5.80. The summed E-state index contributed by atoms with van der Waals surface area (Å²) >= 11 is 8.44. The lowest BCUT2D eigenvalue weighted by Gasteiger charge is -2.15. The quantitative estimate of drug-likeness (QED) is 0.373. The van der Waals surface area contributed by atoms with Crippen molar-refractivity contribution < 1.29 is 14.3 Å². The van der Waals surface area contributed by atoms with Crippen molar-refractivity contribution in [1.29, 1.82) is 0 Å². The number of nitrogens with one attached hydrogen (secondary N) is 1. The minimum absolute atomic E-state index is 0.367. The summed E-state index contributed by atoms with van der Waals surface area (Å²) < 4.78 is 12.9. The molecule has 6 nitrogen and oxygen atoms in total. The number of carbonyl (C=O) groups is 1. The molecule has 1 aromatic heterocycles. The van der Waals surface area contributed by atoms with Crippen LogP contribution in [-0.4, -0.2) is 30.0 Å². The molecule has 0 aliphatic carbocycles. The average molecular weight is 512 g/mol. The molecular formula is C20H19ClIN3O3. The molecule has 0 saturated carbocycles. The molecule has 0 unspecified atom stereocenters. The monoisotopic (exact) mass is 511 g/mol. The number of anilines is 2. The number of aromatic nitrogens is 2. The number of carbonyl (C=O) groups excluding carboxylic acids is 1. The Hall–Kier alpha value is -2.26. The number of halogens is 2. The number of methoxy groups -OCH3 is 2. The lowest BCUT2D eigenvalue weighted by molar-refractivity contribution is 0.0601. The number of rotatable bonds is 5. The molecule has 3 rings (SSSR count). The predicted molar refractivity (Wildman–Crippen MR) is 118 cm³/mol. The first-order chi connectivity index (χ1) is 13.3. The van der Waals surface area contributed by atoms with E-state index < -0.39 is 5.97 Å². The standard InChI is InChI=1S/C20H19ClIN3O3/c1-11-5-6-13(21)9-17(11)25-19(18(22)12(2)24-25)23-16-8-7-14(27-3)10-15(16)20(26)28-4/h5-10,23H,1-4H3. The summed E-state index contributed by atoms with van der Waals surface area (Å²) in [5.74, 6) is 0.841. The largest absolute Gasteiger partial charge is 0.497 e. The van der Waals surface area contributed by atoms with Crippen molar-refractivity contribution in [2.75, 3.05) is 19.5 Å². The third kappa shape index (κ3) is 3.95. The van der Waals surface area contributed by atoms with Gasteiger partial charge in [-0.25, -0.2) is 9.48 Å². The summed E-state index contributed by atoms with van der Waals surface area (Å²) in [6, 6.07) is 10.8. The Labute approximate surface area is 181 Å². The molecule has 8 heteroatoms. The van der Waals surface area contributed by atoms with E-state index in [1.165, 1.54) is 7.11 Å². The first-order valence-corrected chi connectivity index (χ1v) is 9.86. The Morgan fingerprint density at radius 3 is 2.61 bits per heavy atom. The zero-order valence-electron chi connectivity index (χ0n) is 15.8. The molecule has 28 heavy (non-hydrogen) atoms. The van der Waals surface area contributed by atoms with Gasteiger partial charge in [0.15, 0.2) is 0 Å². The van der Waals surface area contributed by atoms with Crippen LogP contribution >= 0.6 is 34.2 Å². The van der Waals surface area contributed by atoms with E-state index in [1.54, 1.807) is 30.0 Å². The molecule has 146 valence electrons. The highest BCUT2D eigenvalue weighted by Crippen LogP contribution is 2.32. The van der Waals surface area contributed by atoms with Crippen LogP contribution in [0.2, 0.25) is 5.02 Å². The van der Waals surface area contributed by atoms with Crippen molar-refractivity contribution in [1.82, 2.24) is 9.78 Å². The second kappa shape index (κ2) is 8.40. The average Bonchev–Trinajstić information content (AvgIpc) is 2.97. The second-order valence-corrected chi connectivity index (χ2v) is 7.63. The molecule has 0 bridgehead atoms. The number of benzene rings is 2. The van der Waals surface area contributed by atoms with Gasteiger partial charge >= 0.3 is 5.97 Å². The van der Waals surface area contributed by atoms with Crippen LogP contribution in [0.4, 0.5) is 11.5 Å². The van der Waals surface area contributed by atoms with E-state index in [-0.39, 0.29) is 0 Å². The number of hydrogen-bond acceptors (Lipinski definition) is 5. The number of aryl methyl sites for hydroxylation is 2. The molecule has 1 heterocycles. The summed E-state index contributed by atoms with van der Waals surface area (Å²) in [4.78, 5) is 12.3. The molecule has 0 saturated heterocycles. The van der Waals surface area contributed by atoms with Crippen LogP contribution in [-0.2, 0) is 4.74 Å². The number of nitrogens with zero attached hydrogens (tertiary/aromatic N) is 2. The van der Waals surface area contributed by atoms with Crippen molar-refractivity contribution in [2.24, 2.45) is 0 Å². The molecule has 3 aromatic rings. The van der Waals surface area contributed by atoms with Gasteiger partial charge in [-0.05, 0) is 72.3 Å². The maximum absolute atomic E-state index is 12.3. The summed E-state index contributed by atoms with van der Waals surface area (Å²) in [5, 5.41) is 8.61.